The largest absolute Gasteiger partial charge is 0.347 e. The maximum atomic E-state index is 13.0. The zero-order chi connectivity index (χ0) is 20.5. The van der Waals surface area contributed by atoms with Crippen molar-refractivity contribution >= 4 is 33.2 Å². The van der Waals surface area contributed by atoms with Gasteiger partial charge in [-0.15, -0.1) is 0 Å². The van der Waals surface area contributed by atoms with Crippen LogP contribution in [0.4, 0.5) is 5.69 Å². The van der Waals surface area contributed by atoms with Gasteiger partial charge in [0.05, 0.1) is 18.0 Å². The Balaban J connectivity index is 1.86. The molecule has 1 aliphatic carbocycles. The molecule has 7 heteroatoms. The summed E-state index contributed by atoms with van der Waals surface area (Å²) in [5.74, 6) is -0.330. The van der Waals surface area contributed by atoms with E-state index in [4.69, 9.17) is 11.6 Å². The summed E-state index contributed by atoms with van der Waals surface area (Å²) in [5, 5.41) is 3.50. The van der Waals surface area contributed by atoms with Crippen LogP contribution < -0.4 is 9.62 Å². The molecule has 0 unspecified atom stereocenters. The number of carbonyl (C=O) groups excluding carboxylic acids is 1. The number of fused-ring (bicyclic) bond motifs is 1. The van der Waals surface area contributed by atoms with Gasteiger partial charge in [-0.1, -0.05) is 41.9 Å². The van der Waals surface area contributed by atoms with E-state index in [9.17, 15) is 13.2 Å². The van der Waals surface area contributed by atoms with Gasteiger partial charge >= 0.3 is 0 Å². The van der Waals surface area contributed by atoms with Crippen molar-refractivity contribution in [2.24, 2.45) is 0 Å². The minimum absolute atomic E-state index is 0.108. The van der Waals surface area contributed by atoms with Crippen LogP contribution in [-0.4, -0.2) is 26.6 Å². The Labute approximate surface area is 171 Å². The van der Waals surface area contributed by atoms with Gasteiger partial charge in [-0.3, -0.25) is 9.10 Å². The van der Waals surface area contributed by atoms with Crippen LogP contribution in [0.1, 0.15) is 42.5 Å². The van der Waals surface area contributed by atoms with Crippen LogP contribution in [0.5, 0.6) is 0 Å². The summed E-state index contributed by atoms with van der Waals surface area (Å²) in [4.78, 5) is 13.0. The molecule has 0 radical (unpaired) electrons. The van der Waals surface area contributed by atoms with Gasteiger partial charge in [-0.05, 0) is 61.9 Å². The molecule has 28 heavy (non-hydrogen) atoms. The van der Waals surface area contributed by atoms with Gasteiger partial charge in [-0.2, -0.15) is 0 Å². The monoisotopic (exact) mass is 420 g/mol. The van der Waals surface area contributed by atoms with E-state index in [2.05, 4.69) is 11.4 Å². The molecule has 0 saturated carbocycles. The molecule has 1 amide bonds. The molecule has 0 aliphatic heterocycles. The van der Waals surface area contributed by atoms with Crippen molar-refractivity contribution in [1.29, 1.82) is 0 Å². The Morgan fingerprint density at radius 3 is 2.64 bits per heavy atom. The summed E-state index contributed by atoms with van der Waals surface area (Å²) >= 11 is 6.18. The van der Waals surface area contributed by atoms with Crippen molar-refractivity contribution in [3.8, 4) is 0 Å². The molecule has 0 bridgehead atoms. The van der Waals surface area contributed by atoms with E-state index in [0.29, 0.717) is 10.7 Å². The predicted molar refractivity (Wildman–Crippen MR) is 113 cm³/mol. The molecule has 3 rings (SSSR count). The van der Waals surface area contributed by atoms with Crippen molar-refractivity contribution in [3.63, 3.8) is 0 Å². The molecule has 0 spiro atoms. The second kappa shape index (κ2) is 8.13. The van der Waals surface area contributed by atoms with Crippen LogP contribution in [0, 0.1) is 6.92 Å². The zero-order valence-electron chi connectivity index (χ0n) is 16.3. The van der Waals surface area contributed by atoms with Gasteiger partial charge in [0, 0.05) is 5.02 Å². The highest BCUT2D eigenvalue weighted by Crippen LogP contribution is 2.30. The molecule has 2 aromatic rings. The Morgan fingerprint density at radius 1 is 1.25 bits per heavy atom. The number of anilines is 1. The van der Waals surface area contributed by atoms with E-state index >= 15 is 0 Å². The highest BCUT2D eigenvalue weighted by molar-refractivity contribution is 7.92. The SMILES string of the molecule is Cc1ccc(N([C@@H](C)C(=O)N[C@H]2CCCc3ccccc32)S(C)(=O)=O)cc1Cl. The molecule has 5 nitrogen and oxygen atoms in total. The van der Waals surface area contributed by atoms with Gasteiger partial charge < -0.3 is 5.32 Å². The molecule has 2 atom stereocenters. The van der Waals surface area contributed by atoms with Gasteiger partial charge in [0.2, 0.25) is 15.9 Å². The van der Waals surface area contributed by atoms with Crippen molar-refractivity contribution in [1.82, 2.24) is 5.32 Å². The first kappa shape index (κ1) is 20.7. The number of rotatable bonds is 5. The van der Waals surface area contributed by atoms with Crippen LogP contribution in [-0.2, 0) is 21.2 Å². The molecular formula is C21H25ClN2O3S. The van der Waals surface area contributed by atoms with Crippen molar-refractivity contribution < 1.29 is 13.2 Å². The highest BCUT2D eigenvalue weighted by atomic mass is 35.5. The lowest BCUT2D eigenvalue weighted by Gasteiger charge is -2.32. The minimum atomic E-state index is -3.68. The topological polar surface area (TPSA) is 66.5 Å². The number of amides is 1. The van der Waals surface area contributed by atoms with E-state index in [1.807, 2.05) is 25.1 Å². The summed E-state index contributed by atoms with van der Waals surface area (Å²) in [6, 6.07) is 12.1. The van der Waals surface area contributed by atoms with E-state index in [-0.39, 0.29) is 11.9 Å². The Morgan fingerprint density at radius 2 is 1.96 bits per heavy atom. The Kier molecular flexibility index (Phi) is 6.01. The normalized spacial score (nSPS) is 17.5. The fraction of sp³-hybridized carbons (Fsp3) is 0.381. The molecule has 1 aliphatic rings. The van der Waals surface area contributed by atoms with Gasteiger partial charge in [-0.25, -0.2) is 8.42 Å². The second-order valence-corrected chi connectivity index (χ2v) is 9.59. The average Bonchev–Trinajstić information content (AvgIpc) is 2.64. The summed E-state index contributed by atoms with van der Waals surface area (Å²) in [6.45, 7) is 3.44. The Hall–Kier alpha value is -2.05. The van der Waals surface area contributed by atoms with Crippen LogP contribution in [0.25, 0.3) is 0 Å². The number of hydrogen-bond donors (Lipinski definition) is 1. The lowest BCUT2D eigenvalue weighted by Crippen LogP contribution is -2.49. The maximum absolute atomic E-state index is 13.0. The van der Waals surface area contributed by atoms with E-state index in [1.165, 1.54) is 5.56 Å². The van der Waals surface area contributed by atoms with E-state index < -0.39 is 16.1 Å². The molecule has 0 heterocycles. The smallest absolute Gasteiger partial charge is 0.244 e. The van der Waals surface area contributed by atoms with E-state index in [0.717, 1.165) is 41.0 Å². The summed E-state index contributed by atoms with van der Waals surface area (Å²) < 4.78 is 26.1. The lowest BCUT2D eigenvalue weighted by molar-refractivity contribution is -0.122. The number of aryl methyl sites for hydroxylation is 2. The fourth-order valence-electron chi connectivity index (χ4n) is 3.72. The lowest BCUT2D eigenvalue weighted by atomic mass is 9.87. The average molecular weight is 421 g/mol. The number of halogens is 1. The van der Waals surface area contributed by atoms with Crippen LogP contribution in [0.15, 0.2) is 42.5 Å². The second-order valence-electron chi connectivity index (χ2n) is 7.32. The minimum Gasteiger partial charge on any atom is -0.347 e. The third kappa shape index (κ3) is 4.33. The standard InChI is InChI=1S/C21H25ClN2O3S/c1-14-11-12-17(13-19(14)22)24(28(3,26)27)15(2)21(25)23-20-10-6-8-16-7-4-5-9-18(16)20/h4-5,7,9,11-13,15,20H,6,8,10H2,1-3H3,(H,23,25)/t15-,20-/m0/s1. The van der Waals surface area contributed by atoms with Gasteiger partial charge in [0.1, 0.15) is 6.04 Å². The number of benzene rings is 2. The molecule has 1 N–H and O–H groups in total. The third-order valence-corrected chi connectivity index (χ3v) is 6.83. The summed E-state index contributed by atoms with van der Waals surface area (Å²) in [6.07, 6.45) is 3.92. The maximum Gasteiger partial charge on any atom is 0.244 e. The van der Waals surface area contributed by atoms with Gasteiger partial charge in [0.15, 0.2) is 0 Å². The zero-order valence-corrected chi connectivity index (χ0v) is 17.8. The number of sulfonamides is 1. The first-order valence-corrected chi connectivity index (χ1v) is 11.5. The number of nitrogens with zero attached hydrogens (tertiary/aromatic N) is 1. The fourth-order valence-corrected chi connectivity index (χ4v) is 5.07. The molecule has 0 fully saturated rings. The Bertz CT molecular complexity index is 991. The molecule has 0 aromatic heterocycles. The number of carbonyl (C=O) groups is 1. The molecule has 2 aromatic carbocycles. The summed E-state index contributed by atoms with van der Waals surface area (Å²) in [7, 11) is -3.68. The molecule has 150 valence electrons. The van der Waals surface area contributed by atoms with Crippen LogP contribution in [0.2, 0.25) is 5.02 Å². The number of nitrogens with one attached hydrogen (secondary N) is 1. The quantitative estimate of drug-likeness (QED) is 0.795. The van der Waals surface area contributed by atoms with Crippen LogP contribution in [0.3, 0.4) is 0 Å². The summed E-state index contributed by atoms with van der Waals surface area (Å²) in [5.41, 5.74) is 3.56. The molecule has 0 saturated heterocycles. The van der Waals surface area contributed by atoms with Crippen molar-refractivity contribution in [2.75, 3.05) is 10.6 Å². The first-order chi connectivity index (χ1) is 13.2. The number of hydrogen-bond acceptors (Lipinski definition) is 3. The first-order valence-electron chi connectivity index (χ1n) is 9.32. The van der Waals surface area contributed by atoms with Crippen molar-refractivity contribution in [2.45, 2.75) is 45.2 Å². The molecular weight excluding hydrogens is 396 g/mol. The van der Waals surface area contributed by atoms with Crippen molar-refractivity contribution in [3.05, 3.63) is 64.2 Å². The highest BCUT2D eigenvalue weighted by Gasteiger charge is 2.31. The third-order valence-electron chi connectivity index (χ3n) is 5.18. The van der Waals surface area contributed by atoms with Gasteiger partial charge in [0.25, 0.3) is 0 Å². The van der Waals surface area contributed by atoms with E-state index in [1.54, 1.807) is 25.1 Å². The van der Waals surface area contributed by atoms with Crippen LogP contribution >= 0.6 is 11.6 Å². The predicted octanol–water partition coefficient (Wildman–Crippen LogP) is 4.00.